The Hall–Kier alpha value is -2.28. The topological polar surface area (TPSA) is 58.2 Å². The minimum absolute atomic E-state index is 0.185. The van der Waals surface area contributed by atoms with Crippen LogP contribution < -0.4 is 10.6 Å². The van der Waals surface area contributed by atoms with Crippen LogP contribution in [0.15, 0.2) is 46.9 Å². The number of benzene rings is 2. The van der Waals surface area contributed by atoms with Gasteiger partial charge in [0.2, 0.25) is 5.91 Å². The summed E-state index contributed by atoms with van der Waals surface area (Å²) >= 11 is 3.31. The van der Waals surface area contributed by atoms with Crippen molar-refractivity contribution >= 4 is 33.4 Å². The van der Waals surface area contributed by atoms with Gasteiger partial charge >= 0.3 is 0 Å². The van der Waals surface area contributed by atoms with Crippen LogP contribution in [0.2, 0.25) is 0 Å². The van der Waals surface area contributed by atoms with Gasteiger partial charge in [0, 0.05) is 29.2 Å². The number of halogens is 3. The quantitative estimate of drug-likeness (QED) is 0.727. The van der Waals surface area contributed by atoms with E-state index in [-0.39, 0.29) is 24.4 Å². The molecule has 0 radical (unpaired) electrons. The molecule has 0 fully saturated rings. The Balaban J connectivity index is 1.74. The van der Waals surface area contributed by atoms with Crippen molar-refractivity contribution < 1.29 is 18.4 Å². The van der Waals surface area contributed by atoms with Crippen LogP contribution in [-0.4, -0.2) is 18.4 Å². The average Bonchev–Trinajstić information content (AvgIpc) is 2.51. The maximum atomic E-state index is 13.4. The second-order valence-corrected chi connectivity index (χ2v) is 5.96. The Morgan fingerprint density at radius 2 is 1.88 bits per heavy atom. The molecule has 126 valence electrons. The molecule has 0 unspecified atom stereocenters. The fourth-order valence-electron chi connectivity index (χ4n) is 2.01. The fraction of sp³-hybridized carbons (Fsp3) is 0.176. The van der Waals surface area contributed by atoms with Crippen LogP contribution in [0.1, 0.15) is 23.2 Å². The first-order valence-electron chi connectivity index (χ1n) is 7.24. The van der Waals surface area contributed by atoms with E-state index in [0.29, 0.717) is 18.2 Å². The van der Waals surface area contributed by atoms with E-state index in [1.807, 2.05) is 6.07 Å². The molecule has 2 N–H and O–H groups in total. The minimum Gasteiger partial charge on any atom is -0.352 e. The highest BCUT2D eigenvalue weighted by molar-refractivity contribution is 9.10. The molecule has 0 aliphatic carbocycles. The van der Waals surface area contributed by atoms with Gasteiger partial charge < -0.3 is 10.6 Å². The standard InChI is InChI=1S/C17H15BrF2N2O2/c18-11-3-1-4-13(9-11)22-16(23)5-2-8-21-17(24)14-7-6-12(19)10-15(14)20/h1,3-4,6-7,9-10H,2,5,8H2,(H,21,24)(H,22,23). The summed E-state index contributed by atoms with van der Waals surface area (Å²) in [5.74, 6) is -2.48. The highest BCUT2D eigenvalue weighted by Gasteiger charge is 2.12. The first kappa shape index (κ1) is 18.1. The zero-order valence-corrected chi connectivity index (χ0v) is 14.2. The van der Waals surface area contributed by atoms with Crippen LogP contribution >= 0.6 is 15.9 Å². The predicted octanol–water partition coefficient (Wildman–Crippen LogP) is 3.88. The van der Waals surface area contributed by atoms with Crippen molar-refractivity contribution in [1.29, 1.82) is 0 Å². The minimum atomic E-state index is -0.917. The largest absolute Gasteiger partial charge is 0.352 e. The van der Waals surface area contributed by atoms with Gasteiger partial charge in [0.1, 0.15) is 11.6 Å². The van der Waals surface area contributed by atoms with Crippen molar-refractivity contribution in [2.75, 3.05) is 11.9 Å². The molecule has 2 amide bonds. The van der Waals surface area contributed by atoms with Crippen molar-refractivity contribution in [3.05, 3.63) is 64.1 Å². The van der Waals surface area contributed by atoms with Crippen LogP contribution in [0.25, 0.3) is 0 Å². The number of hydrogen-bond donors (Lipinski definition) is 2. The van der Waals surface area contributed by atoms with Gasteiger partial charge in [-0.2, -0.15) is 0 Å². The summed E-state index contributed by atoms with van der Waals surface area (Å²) in [6.45, 7) is 0.210. The predicted molar refractivity (Wildman–Crippen MR) is 90.7 cm³/mol. The molecule has 0 saturated heterocycles. The summed E-state index contributed by atoms with van der Waals surface area (Å²) in [6, 6.07) is 9.94. The molecule has 0 aliphatic rings. The first-order valence-corrected chi connectivity index (χ1v) is 8.03. The summed E-state index contributed by atoms with van der Waals surface area (Å²) in [5, 5.41) is 5.23. The van der Waals surface area contributed by atoms with Gasteiger partial charge in [-0.15, -0.1) is 0 Å². The Morgan fingerprint density at radius 3 is 2.58 bits per heavy atom. The molecule has 0 saturated carbocycles. The Morgan fingerprint density at radius 1 is 1.08 bits per heavy atom. The maximum absolute atomic E-state index is 13.4. The lowest BCUT2D eigenvalue weighted by molar-refractivity contribution is -0.116. The van der Waals surface area contributed by atoms with Gasteiger partial charge in [0.05, 0.1) is 5.56 Å². The monoisotopic (exact) mass is 396 g/mol. The lowest BCUT2D eigenvalue weighted by Crippen LogP contribution is -2.26. The molecule has 7 heteroatoms. The van der Waals surface area contributed by atoms with Crippen LogP contribution in [0, 0.1) is 11.6 Å². The zero-order valence-electron chi connectivity index (χ0n) is 12.6. The van der Waals surface area contributed by atoms with Gasteiger partial charge in [0.25, 0.3) is 5.91 Å². The van der Waals surface area contributed by atoms with Crippen LogP contribution in [0.4, 0.5) is 14.5 Å². The summed E-state index contributed by atoms with van der Waals surface area (Å²) in [6.07, 6.45) is 0.604. The molecule has 4 nitrogen and oxygen atoms in total. The number of carbonyl (C=O) groups is 2. The number of anilines is 1. The molecule has 2 aromatic rings. The van der Waals surface area contributed by atoms with E-state index in [2.05, 4.69) is 26.6 Å². The molecule has 0 atom stereocenters. The normalized spacial score (nSPS) is 10.3. The smallest absolute Gasteiger partial charge is 0.254 e. The number of hydrogen-bond acceptors (Lipinski definition) is 2. The Labute approximate surface area is 146 Å². The number of amides is 2. The molecule has 24 heavy (non-hydrogen) atoms. The summed E-state index contributed by atoms with van der Waals surface area (Å²) < 4.78 is 27.1. The molecule has 0 aliphatic heterocycles. The van der Waals surface area contributed by atoms with E-state index in [9.17, 15) is 18.4 Å². The third-order valence-corrected chi connectivity index (χ3v) is 3.64. The second-order valence-electron chi connectivity index (χ2n) is 5.04. The van der Waals surface area contributed by atoms with Crippen molar-refractivity contribution in [3.8, 4) is 0 Å². The van der Waals surface area contributed by atoms with E-state index in [1.54, 1.807) is 18.2 Å². The SMILES string of the molecule is O=C(CCCNC(=O)c1ccc(F)cc1F)Nc1cccc(Br)c1. The highest BCUT2D eigenvalue weighted by Crippen LogP contribution is 2.15. The van der Waals surface area contributed by atoms with Gasteiger partial charge in [-0.25, -0.2) is 8.78 Å². The van der Waals surface area contributed by atoms with Crippen molar-refractivity contribution in [3.63, 3.8) is 0 Å². The van der Waals surface area contributed by atoms with E-state index in [0.717, 1.165) is 16.6 Å². The van der Waals surface area contributed by atoms with Gasteiger partial charge in [-0.05, 0) is 36.8 Å². The van der Waals surface area contributed by atoms with Crippen molar-refractivity contribution in [2.45, 2.75) is 12.8 Å². The molecule has 0 bridgehead atoms. The van der Waals surface area contributed by atoms with Crippen molar-refractivity contribution in [1.82, 2.24) is 5.32 Å². The third kappa shape index (κ3) is 5.42. The van der Waals surface area contributed by atoms with Gasteiger partial charge in [0.15, 0.2) is 0 Å². The molecule has 0 spiro atoms. The summed E-state index contributed by atoms with van der Waals surface area (Å²) in [4.78, 5) is 23.6. The second kappa shape index (κ2) is 8.54. The maximum Gasteiger partial charge on any atom is 0.254 e. The lowest BCUT2D eigenvalue weighted by Gasteiger charge is -2.07. The first-order chi connectivity index (χ1) is 11.5. The highest BCUT2D eigenvalue weighted by atomic mass is 79.9. The lowest BCUT2D eigenvalue weighted by atomic mass is 10.2. The van der Waals surface area contributed by atoms with Crippen LogP contribution in [-0.2, 0) is 4.79 Å². The van der Waals surface area contributed by atoms with E-state index < -0.39 is 17.5 Å². The number of carbonyl (C=O) groups excluding carboxylic acids is 2. The van der Waals surface area contributed by atoms with Crippen molar-refractivity contribution in [2.24, 2.45) is 0 Å². The third-order valence-electron chi connectivity index (χ3n) is 3.15. The molecule has 2 rings (SSSR count). The molecule has 0 heterocycles. The molecular formula is C17H15BrF2N2O2. The van der Waals surface area contributed by atoms with Crippen LogP contribution in [0.5, 0.6) is 0 Å². The average molecular weight is 397 g/mol. The Kier molecular flexibility index (Phi) is 6.43. The summed E-state index contributed by atoms with van der Waals surface area (Å²) in [5.41, 5.74) is 0.446. The van der Waals surface area contributed by atoms with E-state index >= 15 is 0 Å². The van der Waals surface area contributed by atoms with Gasteiger partial charge in [-0.3, -0.25) is 9.59 Å². The molecule has 2 aromatic carbocycles. The molecule has 0 aromatic heterocycles. The van der Waals surface area contributed by atoms with E-state index in [1.165, 1.54) is 0 Å². The summed E-state index contributed by atoms with van der Waals surface area (Å²) in [7, 11) is 0. The molecular weight excluding hydrogens is 382 g/mol. The van der Waals surface area contributed by atoms with Crippen LogP contribution in [0.3, 0.4) is 0 Å². The Bertz CT molecular complexity index is 753. The fourth-order valence-corrected chi connectivity index (χ4v) is 2.41. The number of rotatable bonds is 6. The number of nitrogens with one attached hydrogen (secondary N) is 2. The zero-order chi connectivity index (χ0) is 17.5. The van der Waals surface area contributed by atoms with E-state index in [4.69, 9.17) is 0 Å². The van der Waals surface area contributed by atoms with Gasteiger partial charge in [-0.1, -0.05) is 22.0 Å².